The summed E-state index contributed by atoms with van der Waals surface area (Å²) in [6.07, 6.45) is -2.23. The normalized spacial score (nSPS) is 13.6. The molecule has 0 heterocycles. The first-order valence-electron chi connectivity index (χ1n) is 19.6. The van der Waals surface area contributed by atoms with Crippen molar-refractivity contribution in [1.82, 2.24) is 26.6 Å². The van der Waals surface area contributed by atoms with Gasteiger partial charge in [0.2, 0.25) is 17.7 Å². The smallest absolute Gasteiger partial charge is 0.408 e. The van der Waals surface area contributed by atoms with Crippen LogP contribution in [0.25, 0.3) is 0 Å². The van der Waals surface area contributed by atoms with E-state index in [-0.39, 0.29) is 43.7 Å². The van der Waals surface area contributed by atoms with Crippen molar-refractivity contribution in [2.75, 3.05) is 14.2 Å². The molecule has 0 aliphatic carbocycles. The third kappa shape index (κ3) is 14.0. The van der Waals surface area contributed by atoms with Crippen LogP contribution in [0.3, 0.4) is 0 Å². The van der Waals surface area contributed by atoms with Crippen molar-refractivity contribution in [3.05, 3.63) is 125 Å². The fourth-order valence-electron chi connectivity index (χ4n) is 6.29. The Hall–Kier alpha value is -6.12. The van der Waals surface area contributed by atoms with Crippen molar-refractivity contribution in [1.29, 1.82) is 0 Å². The van der Waals surface area contributed by atoms with E-state index in [1.54, 1.807) is 59.1 Å². The van der Waals surface area contributed by atoms with Gasteiger partial charge >= 0.3 is 6.09 Å². The Kier molecular flexibility index (Phi) is 17.6. The van der Waals surface area contributed by atoms with E-state index in [0.29, 0.717) is 17.1 Å². The lowest BCUT2D eigenvalue weighted by atomic mass is 9.93. The summed E-state index contributed by atoms with van der Waals surface area (Å²) in [7, 11) is 3.03. The topological polar surface area (TPSA) is 197 Å². The van der Waals surface area contributed by atoms with E-state index in [0.717, 1.165) is 16.7 Å². The van der Waals surface area contributed by atoms with Gasteiger partial charge in [-0.05, 0) is 59.2 Å². The summed E-state index contributed by atoms with van der Waals surface area (Å²) in [5.74, 6) is -1.53. The molecule has 4 amide bonds. The fourth-order valence-corrected chi connectivity index (χ4v) is 6.29. The molecule has 5 atom stereocenters. The third-order valence-electron chi connectivity index (χ3n) is 9.78. The molecule has 0 aromatic heterocycles. The van der Waals surface area contributed by atoms with Gasteiger partial charge in [-0.15, -0.1) is 0 Å². The fraction of sp³-hybridized carbons (Fsp3) is 0.378. The highest BCUT2D eigenvalue weighted by atomic mass is 16.5. The van der Waals surface area contributed by atoms with E-state index < -0.39 is 54.1 Å². The summed E-state index contributed by atoms with van der Waals surface area (Å²) >= 11 is 0. The van der Waals surface area contributed by atoms with Crippen LogP contribution in [0.2, 0.25) is 0 Å². The van der Waals surface area contributed by atoms with Crippen molar-refractivity contribution >= 4 is 23.8 Å². The number of nitrogens with one attached hydrogen (secondary N) is 5. The molecular formula is C45H57N5O9. The number of carbonyl (C=O) groups excluding carboxylic acids is 4. The lowest BCUT2D eigenvalue weighted by molar-refractivity contribution is -0.134. The Labute approximate surface area is 346 Å². The zero-order valence-corrected chi connectivity index (χ0v) is 34.4. The minimum Gasteiger partial charge on any atom is -0.507 e. The van der Waals surface area contributed by atoms with Crippen molar-refractivity contribution in [3.63, 3.8) is 0 Å². The van der Waals surface area contributed by atoms with Gasteiger partial charge in [-0.2, -0.15) is 0 Å². The number of alkyl carbamates (subject to hydrolysis) is 1. The van der Waals surface area contributed by atoms with Crippen LogP contribution in [0.1, 0.15) is 49.9 Å². The molecule has 4 rings (SSSR count). The second-order valence-electron chi connectivity index (χ2n) is 14.9. The van der Waals surface area contributed by atoms with Gasteiger partial charge in [0.25, 0.3) is 0 Å². The first kappa shape index (κ1) is 45.6. The monoisotopic (exact) mass is 811 g/mol. The lowest BCUT2D eigenvalue weighted by Gasteiger charge is -2.33. The third-order valence-corrected chi connectivity index (χ3v) is 9.78. The van der Waals surface area contributed by atoms with Gasteiger partial charge in [-0.25, -0.2) is 4.79 Å². The Morgan fingerprint density at radius 2 is 1.17 bits per heavy atom. The molecule has 0 aliphatic heterocycles. The molecule has 4 aromatic carbocycles. The highest BCUT2D eigenvalue weighted by Gasteiger charge is 2.38. The Morgan fingerprint density at radius 3 is 1.75 bits per heavy atom. The number of hydrogen-bond acceptors (Lipinski definition) is 10. The van der Waals surface area contributed by atoms with Crippen LogP contribution in [-0.2, 0) is 45.2 Å². The summed E-state index contributed by atoms with van der Waals surface area (Å²) in [5, 5.41) is 37.0. The molecule has 4 aromatic rings. The first-order valence-corrected chi connectivity index (χ1v) is 19.6. The predicted octanol–water partition coefficient (Wildman–Crippen LogP) is 4.36. The van der Waals surface area contributed by atoms with E-state index in [9.17, 15) is 29.4 Å². The number of amides is 4. The second-order valence-corrected chi connectivity index (χ2v) is 14.9. The molecule has 0 saturated heterocycles. The summed E-state index contributed by atoms with van der Waals surface area (Å²) in [6, 6.07) is 25.7. The number of aliphatic hydroxyl groups excluding tert-OH is 1. The molecule has 14 nitrogen and oxygen atoms in total. The lowest BCUT2D eigenvalue weighted by Crippen LogP contribution is -2.63. The maximum Gasteiger partial charge on any atom is 0.408 e. The Balaban J connectivity index is 1.59. The molecule has 0 bridgehead atoms. The molecule has 59 heavy (non-hydrogen) atoms. The molecule has 0 fully saturated rings. The van der Waals surface area contributed by atoms with Crippen LogP contribution >= 0.6 is 0 Å². The van der Waals surface area contributed by atoms with Crippen molar-refractivity contribution in [2.45, 2.75) is 84.1 Å². The van der Waals surface area contributed by atoms with Crippen LogP contribution < -0.4 is 36.1 Å². The first-order chi connectivity index (χ1) is 28.3. The molecule has 0 radical (unpaired) electrons. The second kappa shape index (κ2) is 22.7. The average molecular weight is 812 g/mol. The maximum absolute atomic E-state index is 14.4. The van der Waals surface area contributed by atoms with Crippen molar-refractivity contribution in [2.24, 2.45) is 11.8 Å². The SMILES string of the molecule is COc1ccc(CN[C@@H](C(=O)N[C@H](C(=O)NCc2ccc(OC)cc2O)C(C)C)[C@@H](O)[C@H](Cc2ccccc2)NC(=O)[C@@H](NC(=O)OCc2ccccc2)C(C)C)cc1. The molecular weight excluding hydrogens is 755 g/mol. The molecule has 0 unspecified atom stereocenters. The summed E-state index contributed by atoms with van der Waals surface area (Å²) in [6.45, 7) is 7.19. The number of benzene rings is 4. The van der Waals surface area contributed by atoms with Crippen LogP contribution in [0.4, 0.5) is 4.79 Å². The zero-order chi connectivity index (χ0) is 42.9. The number of ether oxygens (including phenoxy) is 3. The minimum absolute atomic E-state index is 0.00442. The summed E-state index contributed by atoms with van der Waals surface area (Å²) in [5.41, 5.74) is 2.76. The number of carbonyl (C=O) groups is 4. The van der Waals surface area contributed by atoms with E-state index in [4.69, 9.17) is 14.2 Å². The van der Waals surface area contributed by atoms with E-state index in [2.05, 4.69) is 26.6 Å². The molecule has 7 N–H and O–H groups in total. The zero-order valence-electron chi connectivity index (χ0n) is 34.4. The summed E-state index contributed by atoms with van der Waals surface area (Å²) in [4.78, 5) is 54.9. The number of phenols is 1. The van der Waals surface area contributed by atoms with E-state index in [1.807, 2.05) is 72.8 Å². The van der Waals surface area contributed by atoms with Crippen LogP contribution in [-0.4, -0.2) is 78.5 Å². The Morgan fingerprint density at radius 1 is 0.610 bits per heavy atom. The highest BCUT2D eigenvalue weighted by Crippen LogP contribution is 2.23. The van der Waals surface area contributed by atoms with Crippen LogP contribution in [0.15, 0.2) is 103 Å². The number of rotatable bonds is 21. The van der Waals surface area contributed by atoms with Gasteiger partial charge in [0.05, 0.1) is 26.4 Å². The minimum atomic E-state index is -1.55. The number of methoxy groups -OCH3 is 2. The van der Waals surface area contributed by atoms with Crippen molar-refractivity contribution in [3.8, 4) is 17.2 Å². The van der Waals surface area contributed by atoms with Gasteiger partial charge < -0.3 is 45.7 Å². The quantitative estimate of drug-likeness (QED) is 0.0635. The van der Waals surface area contributed by atoms with Gasteiger partial charge in [0.1, 0.15) is 42.0 Å². The summed E-state index contributed by atoms with van der Waals surface area (Å²) < 4.78 is 15.8. The molecule has 0 aliphatic rings. The molecule has 0 saturated carbocycles. The van der Waals surface area contributed by atoms with Gasteiger partial charge in [-0.1, -0.05) is 100 Å². The molecule has 0 spiro atoms. The van der Waals surface area contributed by atoms with E-state index >= 15 is 0 Å². The predicted molar refractivity (Wildman–Crippen MR) is 223 cm³/mol. The largest absolute Gasteiger partial charge is 0.507 e. The van der Waals surface area contributed by atoms with Gasteiger partial charge in [0, 0.05) is 24.7 Å². The molecule has 316 valence electrons. The Bertz CT molecular complexity index is 1940. The van der Waals surface area contributed by atoms with Gasteiger partial charge in [0.15, 0.2) is 0 Å². The standard InChI is InChI=1S/C45H57N5O9/c1-28(2)38(42(53)47-26-33-19-22-35(58-6)24-37(33)51)49-44(55)40(46-25-31-17-20-34(57-5)21-18-31)41(52)36(23-30-13-9-7-10-14-30)48-43(54)39(29(3)4)50-45(56)59-27-32-15-11-8-12-16-32/h7-22,24,28-29,36,38-41,46,51-52H,23,25-27H2,1-6H3,(H,47,53)(H,48,54)(H,49,55)(H,50,56)/t36-,38-,39-,40+,41-/m0/s1. The highest BCUT2D eigenvalue weighted by molar-refractivity contribution is 5.91. The number of phenolic OH excluding ortho intramolecular Hbond substituents is 1. The average Bonchev–Trinajstić information content (AvgIpc) is 3.23. The van der Waals surface area contributed by atoms with E-state index in [1.165, 1.54) is 13.2 Å². The van der Waals surface area contributed by atoms with Crippen molar-refractivity contribution < 1.29 is 43.6 Å². The maximum atomic E-state index is 14.4. The number of hydrogen-bond donors (Lipinski definition) is 7. The van der Waals surface area contributed by atoms with Crippen LogP contribution in [0, 0.1) is 11.8 Å². The number of aromatic hydroxyl groups is 1. The van der Waals surface area contributed by atoms with Crippen LogP contribution in [0.5, 0.6) is 17.2 Å². The molecule has 14 heteroatoms. The number of aliphatic hydroxyl groups is 1. The van der Waals surface area contributed by atoms with Gasteiger partial charge in [-0.3, -0.25) is 19.7 Å².